The van der Waals surface area contributed by atoms with E-state index in [1.54, 1.807) is 12.4 Å². The number of carbonyl (C=O) groups is 1. The first-order chi connectivity index (χ1) is 11.7. The first-order valence-corrected chi connectivity index (χ1v) is 8.72. The van der Waals surface area contributed by atoms with Crippen molar-refractivity contribution in [2.75, 3.05) is 10.2 Å². The molecule has 2 aliphatic rings. The lowest BCUT2D eigenvalue weighted by Gasteiger charge is -2.22. The Morgan fingerprint density at radius 1 is 1.17 bits per heavy atom. The Bertz CT molecular complexity index is 737. The maximum atomic E-state index is 12.9. The summed E-state index contributed by atoms with van der Waals surface area (Å²) in [5.41, 5.74) is 2.76. The van der Waals surface area contributed by atoms with Crippen LogP contribution in [0.15, 0.2) is 36.7 Å². The number of fused-ring (bicyclic) bond motifs is 1. The number of aromatic nitrogens is 2. The highest BCUT2D eigenvalue weighted by Crippen LogP contribution is 2.32. The lowest BCUT2D eigenvalue weighted by molar-refractivity contribution is 0.0981. The molecular weight excluding hydrogens is 300 g/mol. The summed E-state index contributed by atoms with van der Waals surface area (Å²) in [5.74, 6) is 0.591. The van der Waals surface area contributed by atoms with E-state index in [2.05, 4.69) is 28.3 Å². The van der Waals surface area contributed by atoms with Gasteiger partial charge in [0.1, 0.15) is 0 Å². The monoisotopic (exact) mass is 322 g/mol. The number of hydrogen-bond donors (Lipinski definition) is 1. The zero-order chi connectivity index (χ0) is 16.5. The molecule has 4 rings (SSSR count). The average molecular weight is 322 g/mol. The average Bonchev–Trinajstić information content (AvgIpc) is 3.21. The quantitative estimate of drug-likeness (QED) is 0.940. The van der Waals surface area contributed by atoms with Gasteiger partial charge in [-0.25, -0.2) is 9.97 Å². The molecular formula is C19H22N4O. The van der Waals surface area contributed by atoms with Crippen molar-refractivity contribution in [1.82, 2.24) is 9.97 Å². The minimum absolute atomic E-state index is 0.0279. The molecule has 5 nitrogen and oxygen atoms in total. The molecule has 1 N–H and O–H groups in total. The molecule has 124 valence electrons. The molecule has 1 aromatic heterocycles. The van der Waals surface area contributed by atoms with Gasteiger partial charge in [-0.2, -0.15) is 0 Å². The van der Waals surface area contributed by atoms with E-state index in [0.717, 1.165) is 12.1 Å². The lowest BCUT2D eigenvalue weighted by Crippen LogP contribution is -2.35. The first-order valence-electron chi connectivity index (χ1n) is 8.72. The highest BCUT2D eigenvalue weighted by atomic mass is 16.2. The number of rotatable bonds is 3. The summed E-state index contributed by atoms with van der Waals surface area (Å²) in [5, 5.41) is 3.35. The Morgan fingerprint density at radius 3 is 2.62 bits per heavy atom. The molecule has 2 heterocycles. The fourth-order valence-electron chi connectivity index (χ4n) is 3.78. The van der Waals surface area contributed by atoms with Crippen LogP contribution in [-0.4, -0.2) is 28.0 Å². The van der Waals surface area contributed by atoms with Crippen LogP contribution in [0.1, 0.15) is 48.5 Å². The molecule has 1 amide bonds. The fourth-order valence-corrected chi connectivity index (χ4v) is 3.78. The third kappa shape index (κ3) is 2.75. The van der Waals surface area contributed by atoms with E-state index in [4.69, 9.17) is 0 Å². The largest absolute Gasteiger partial charge is 0.351 e. The number of nitrogens with zero attached hydrogens (tertiary/aromatic N) is 3. The zero-order valence-electron chi connectivity index (χ0n) is 13.9. The van der Waals surface area contributed by atoms with Gasteiger partial charge in [-0.05, 0) is 37.8 Å². The standard InChI is InChI=1S/C19H22N4O/c1-13-10-14-6-2-5-9-17(14)23(13)18(24)15-11-20-19(21-12-15)22-16-7-3-4-8-16/h2,5-6,9,11-13,16H,3-4,7-8,10H2,1H3,(H,20,21,22). The number of para-hydroxylation sites is 1. The summed E-state index contributed by atoms with van der Waals surface area (Å²) >= 11 is 0. The van der Waals surface area contributed by atoms with E-state index in [0.29, 0.717) is 17.6 Å². The lowest BCUT2D eigenvalue weighted by atomic mass is 10.1. The second kappa shape index (κ2) is 6.23. The smallest absolute Gasteiger partial charge is 0.261 e. The Morgan fingerprint density at radius 2 is 1.88 bits per heavy atom. The normalized spacial score (nSPS) is 20.2. The van der Waals surface area contributed by atoms with Gasteiger partial charge >= 0.3 is 0 Å². The minimum Gasteiger partial charge on any atom is -0.351 e. The van der Waals surface area contributed by atoms with Gasteiger partial charge < -0.3 is 10.2 Å². The van der Waals surface area contributed by atoms with E-state index in [1.807, 2.05) is 23.1 Å². The molecule has 1 atom stereocenters. The van der Waals surface area contributed by atoms with Gasteiger partial charge in [0.05, 0.1) is 5.56 Å². The van der Waals surface area contributed by atoms with Crippen LogP contribution in [0.25, 0.3) is 0 Å². The van der Waals surface area contributed by atoms with Crippen LogP contribution in [0.4, 0.5) is 11.6 Å². The Balaban J connectivity index is 1.52. The number of carbonyl (C=O) groups excluding carboxylic acids is 1. The molecule has 1 aromatic carbocycles. The Hall–Kier alpha value is -2.43. The first kappa shape index (κ1) is 15.1. The van der Waals surface area contributed by atoms with Gasteiger partial charge in [0.15, 0.2) is 0 Å². The summed E-state index contributed by atoms with van der Waals surface area (Å²) in [6.07, 6.45) is 9.05. The van der Waals surface area contributed by atoms with Gasteiger partial charge in [0.2, 0.25) is 5.95 Å². The van der Waals surface area contributed by atoms with E-state index in [9.17, 15) is 4.79 Å². The third-order valence-corrected chi connectivity index (χ3v) is 5.01. The van der Waals surface area contributed by atoms with Gasteiger partial charge in [-0.15, -0.1) is 0 Å². The molecule has 1 fully saturated rings. The molecule has 5 heteroatoms. The number of amides is 1. The number of nitrogens with one attached hydrogen (secondary N) is 1. The van der Waals surface area contributed by atoms with Crippen LogP contribution in [0.3, 0.4) is 0 Å². The minimum atomic E-state index is -0.0279. The van der Waals surface area contributed by atoms with E-state index in [-0.39, 0.29) is 11.9 Å². The molecule has 1 aliphatic carbocycles. The summed E-state index contributed by atoms with van der Waals surface area (Å²) in [6.45, 7) is 2.08. The molecule has 24 heavy (non-hydrogen) atoms. The van der Waals surface area contributed by atoms with Crippen LogP contribution in [0.5, 0.6) is 0 Å². The second-order valence-corrected chi connectivity index (χ2v) is 6.78. The van der Waals surface area contributed by atoms with Crippen molar-refractivity contribution in [3.8, 4) is 0 Å². The molecule has 2 aromatic rings. The van der Waals surface area contributed by atoms with Gasteiger partial charge in [0, 0.05) is 30.2 Å². The number of benzene rings is 1. The molecule has 0 spiro atoms. The van der Waals surface area contributed by atoms with E-state index < -0.39 is 0 Å². The zero-order valence-corrected chi connectivity index (χ0v) is 13.9. The molecule has 0 radical (unpaired) electrons. The van der Waals surface area contributed by atoms with Crippen LogP contribution in [0.2, 0.25) is 0 Å². The van der Waals surface area contributed by atoms with Crippen LogP contribution in [0, 0.1) is 0 Å². The Kier molecular flexibility index (Phi) is 3.92. The predicted molar refractivity (Wildman–Crippen MR) is 94.3 cm³/mol. The Labute approximate surface area is 142 Å². The number of anilines is 2. The predicted octanol–water partition coefficient (Wildman–Crippen LogP) is 3.42. The van der Waals surface area contributed by atoms with Gasteiger partial charge in [0.25, 0.3) is 5.91 Å². The van der Waals surface area contributed by atoms with Crippen LogP contribution in [-0.2, 0) is 6.42 Å². The summed E-state index contributed by atoms with van der Waals surface area (Å²) in [6, 6.07) is 8.72. The molecule has 1 unspecified atom stereocenters. The van der Waals surface area contributed by atoms with Crippen molar-refractivity contribution in [3.05, 3.63) is 47.8 Å². The summed E-state index contributed by atoms with van der Waals surface area (Å²) in [7, 11) is 0. The van der Waals surface area contributed by atoms with E-state index >= 15 is 0 Å². The SMILES string of the molecule is CC1Cc2ccccc2N1C(=O)c1cnc(NC2CCCC2)nc1. The highest BCUT2D eigenvalue weighted by molar-refractivity contribution is 6.07. The van der Waals surface area contributed by atoms with Crippen molar-refractivity contribution in [2.24, 2.45) is 0 Å². The van der Waals surface area contributed by atoms with Crippen molar-refractivity contribution in [1.29, 1.82) is 0 Å². The van der Waals surface area contributed by atoms with Crippen LogP contribution >= 0.6 is 0 Å². The fraction of sp³-hybridized carbons (Fsp3) is 0.421. The molecule has 1 saturated carbocycles. The molecule has 1 aliphatic heterocycles. The van der Waals surface area contributed by atoms with Crippen molar-refractivity contribution in [3.63, 3.8) is 0 Å². The maximum absolute atomic E-state index is 12.9. The maximum Gasteiger partial charge on any atom is 0.261 e. The highest BCUT2D eigenvalue weighted by Gasteiger charge is 2.31. The van der Waals surface area contributed by atoms with E-state index in [1.165, 1.54) is 31.2 Å². The van der Waals surface area contributed by atoms with Gasteiger partial charge in [-0.3, -0.25) is 4.79 Å². The third-order valence-electron chi connectivity index (χ3n) is 5.01. The molecule has 0 saturated heterocycles. The van der Waals surface area contributed by atoms with Crippen molar-refractivity contribution < 1.29 is 4.79 Å². The molecule has 0 bridgehead atoms. The topological polar surface area (TPSA) is 58.1 Å². The van der Waals surface area contributed by atoms with Crippen molar-refractivity contribution >= 4 is 17.5 Å². The van der Waals surface area contributed by atoms with Crippen molar-refractivity contribution in [2.45, 2.75) is 51.1 Å². The summed E-state index contributed by atoms with van der Waals surface area (Å²) < 4.78 is 0. The van der Waals surface area contributed by atoms with Crippen LogP contribution < -0.4 is 10.2 Å². The number of hydrogen-bond acceptors (Lipinski definition) is 4. The van der Waals surface area contributed by atoms with Gasteiger partial charge in [-0.1, -0.05) is 31.0 Å². The summed E-state index contributed by atoms with van der Waals surface area (Å²) in [4.78, 5) is 23.5. The second-order valence-electron chi connectivity index (χ2n) is 6.78.